The highest BCUT2D eigenvalue weighted by Crippen LogP contribution is 2.21. The Labute approximate surface area is 87.5 Å². The zero-order valence-corrected chi connectivity index (χ0v) is 8.29. The minimum Gasteiger partial charge on any atom is -0.361 e. The smallest absolute Gasteiger partial charge is 0.252 e. The van der Waals surface area contributed by atoms with Crippen molar-refractivity contribution in [2.24, 2.45) is 0 Å². The summed E-state index contributed by atoms with van der Waals surface area (Å²) in [5.41, 5.74) is 1.78. The molecule has 0 unspecified atom stereocenters. The fourth-order valence-corrected chi connectivity index (χ4v) is 1.77. The van der Waals surface area contributed by atoms with Crippen LogP contribution in [-0.2, 0) is 0 Å². The summed E-state index contributed by atoms with van der Waals surface area (Å²) in [6.45, 7) is 0. The van der Waals surface area contributed by atoms with E-state index in [1.807, 2.05) is 30.5 Å². The lowest BCUT2D eigenvalue weighted by molar-refractivity contribution is 0.0953. The second kappa shape index (κ2) is 3.12. The van der Waals surface area contributed by atoms with Gasteiger partial charge in [0.1, 0.15) is 0 Å². The molecule has 0 spiro atoms. The highest BCUT2D eigenvalue weighted by atomic mass is 16.1. The van der Waals surface area contributed by atoms with E-state index in [9.17, 15) is 4.79 Å². The van der Waals surface area contributed by atoms with Crippen molar-refractivity contribution in [1.29, 1.82) is 0 Å². The number of amides is 1. The standard InChI is InChI=1S/C12H12N2O/c15-12(14-8-4-5-8)10-2-1-3-11-9(10)6-7-13-11/h1-3,6-8,13H,4-5H2,(H,14,15). The third-order valence-electron chi connectivity index (χ3n) is 2.75. The van der Waals surface area contributed by atoms with Crippen LogP contribution < -0.4 is 5.32 Å². The van der Waals surface area contributed by atoms with Gasteiger partial charge in [-0.2, -0.15) is 0 Å². The summed E-state index contributed by atoms with van der Waals surface area (Å²) >= 11 is 0. The molecular weight excluding hydrogens is 188 g/mol. The lowest BCUT2D eigenvalue weighted by atomic mass is 10.1. The van der Waals surface area contributed by atoms with Gasteiger partial charge < -0.3 is 10.3 Å². The molecule has 0 aliphatic heterocycles. The Morgan fingerprint density at radius 1 is 1.33 bits per heavy atom. The van der Waals surface area contributed by atoms with Crippen molar-refractivity contribution in [3.8, 4) is 0 Å². The van der Waals surface area contributed by atoms with E-state index in [4.69, 9.17) is 0 Å². The maximum absolute atomic E-state index is 11.9. The number of rotatable bonds is 2. The summed E-state index contributed by atoms with van der Waals surface area (Å²) in [5, 5.41) is 4.00. The summed E-state index contributed by atoms with van der Waals surface area (Å²) in [5.74, 6) is 0.0442. The van der Waals surface area contributed by atoms with E-state index in [0.717, 1.165) is 29.3 Å². The molecule has 76 valence electrons. The summed E-state index contributed by atoms with van der Waals surface area (Å²) in [4.78, 5) is 15.0. The van der Waals surface area contributed by atoms with Gasteiger partial charge in [0.2, 0.25) is 0 Å². The molecule has 0 bridgehead atoms. The fourth-order valence-electron chi connectivity index (χ4n) is 1.77. The molecule has 1 aromatic heterocycles. The maximum Gasteiger partial charge on any atom is 0.252 e. The van der Waals surface area contributed by atoms with Crippen LogP contribution in [0.1, 0.15) is 23.2 Å². The number of aromatic nitrogens is 1. The monoisotopic (exact) mass is 200 g/mol. The summed E-state index contributed by atoms with van der Waals surface area (Å²) in [7, 11) is 0. The van der Waals surface area contributed by atoms with E-state index in [2.05, 4.69) is 10.3 Å². The molecule has 3 nitrogen and oxygen atoms in total. The molecular formula is C12H12N2O. The lowest BCUT2D eigenvalue weighted by Gasteiger charge is -2.04. The molecule has 0 radical (unpaired) electrons. The number of aromatic amines is 1. The van der Waals surface area contributed by atoms with Crippen molar-refractivity contribution in [3.63, 3.8) is 0 Å². The molecule has 1 amide bonds. The van der Waals surface area contributed by atoms with Crippen molar-refractivity contribution in [1.82, 2.24) is 10.3 Å². The van der Waals surface area contributed by atoms with E-state index in [0.29, 0.717) is 6.04 Å². The van der Waals surface area contributed by atoms with Crippen molar-refractivity contribution >= 4 is 16.8 Å². The van der Waals surface area contributed by atoms with Crippen LogP contribution in [-0.4, -0.2) is 16.9 Å². The number of benzene rings is 1. The predicted molar refractivity (Wildman–Crippen MR) is 58.8 cm³/mol. The number of hydrogen-bond donors (Lipinski definition) is 2. The van der Waals surface area contributed by atoms with Crippen LogP contribution in [0.5, 0.6) is 0 Å². The molecule has 2 aromatic rings. The number of fused-ring (bicyclic) bond motifs is 1. The van der Waals surface area contributed by atoms with E-state index in [1.54, 1.807) is 0 Å². The van der Waals surface area contributed by atoms with Gasteiger partial charge in [-0.1, -0.05) is 6.07 Å². The average molecular weight is 200 g/mol. The average Bonchev–Trinajstić information content (AvgIpc) is 2.93. The third-order valence-corrected chi connectivity index (χ3v) is 2.75. The zero-order valence-electron chi connectivity index (χ0n) is 8.29. The zero-order chi connectivity index (χ0) is 10.3. The minimum absolute atomic E-state index is 0.0442. The van der Waals surface area contributed by atoms with Crippen LogP contribution in [0.3, 0.4) is 0 Å². The van der Waals surface area contributed by atoms with E-state index < -0.39 is 0 Å². The predicted octanol–water partition coefficient (Wildman–Crippen LogP) is 2.06. The fraction of sp³-hybridized carbons (Fsp3) is 0.250. The minimum atomic E-state index is 0.0442. The quantitative estimate of drug-likeness (QED) is 0.765. The Morgan fingerprint density at radius 2 is 2.20 bits per heavy atom. The Kier molecular flexibility index (Phi) is 1.78. The normalized spacial score (nSPS) is 15.5. The van der Waals surface area contributed by atoms with Gasteiger partial charge in [0.25, 0.3) is 5.91 Å². The highest BCUT2D eigenvalue weighted by Gasteiger charge is 2.24. The van der Waals surface area contributed by atoms with Crippen molar-refractivity contribution < 1.29 is 4.79 Å². The van der Waals surface area contributed by atoms with Crippen LogP contribution in [0.2, 0.25) is 0 Å². The second-order valence-electron chi connectivity index (χ2n) is 3.99. The Hall–Kier alpha value is -1.77. The molecule has 1 saturated carbocycles. The largest absolute Gasteiger partial charge is 0.361 e. The van der Waals surface area contributed by atoms with E-state index >= 15 is 0 Å². The molecule has 0 atom stereocenters. The van der Waals surface area contributed by atoms with Gasteiger partial charge in [0.05, 0.1) is 0 Å². The van der Waals surface area contributed by atoms with E-state index in [-0.39, 0.29) is 5.91 Å². The molecule has 3 rings (SSSR count). The van der Waals surface area contributed by atoms with Gasteiger partial charge in [0, 0.05) is 28.7 Å². The van der Waals surface area contributed by atoms with Gasteiger partial charge in [0.15, 0.2) is 0 Å². The van der Waals surface area contributed by atoms with Gasteiger partial charge in [-0.3, -0.25) is 4.79 Å². The van der Waals surface area contributed by atoms with Crippen LogP contribution in [0.15, 0.2) is 30.5 Å². The number of carbonyl (C=O) groups is 1. The summed E-state index contributed by atoms with van der Waals surface area (Å²) in [6.07, 6.45) is 4.10. The van der Waals surface area contributed by atoms with Crippen molar-refractivity contribution in [3.05, 3.63) is 36.0 Å². The molecule has 2 N–H and O–H groups in total. The third kappa shape index (κ3) is 1.50. The maximum atomic E-state index is 11.9. The van der Waals surface area contributed by atoms with Crippen molar-refractivity contribution in [2.45, 2.75) is 18.9 Å². The van der Waals surface area contributed by atoms with Crippen LogP contribution in [0.4, 0.5) is 0 Å². The first-order chi connectivity index (χ1) is 7.34. The first-order valence-corrected chi connectivity index (χ1v) is 5.21. The molecule has 1 aromatic carbocycles. The van der Waals surface area contributed by atoms with Gasteiger partial charge >= 0.3 is 0 Å². The Bertz CT molecular complexity index is 511. The van der Waals surface area contributed by atoms with Gasteiger partial charge in [-0.25, -0.2) is 0 Å². The van der Waals surface area contributed by atoms with Crippen molar-refractivity contribution in [2.75, 3.05) is 0 Å². The highest BCUT2D eigenvalue weighted by molar-refractivity contribution is 6.06. The van der Waals surface area contributed by atoms with Crippen LogP contribution in [0.25, 0.3) is 10.9 Å². The summed E-state index contributed by atoms with van der Waals surface area (Å²) in [6, 6.07) is 8.10. The number of H-pyrrole nitrogens is 1. The number of carbonyl (C=O) groups excluding carboxylic acids is 1. The molecule has 15 heavy (non-hydrogen) atoms. The Morgan fingerprint density at radius 3 is 3.00 bits per heavy atom. The lowest BCUT2D eigenvalue weighted by Crippen LogP contribution is -2.25. The number of hydrogen-bond acceptors (Lipinski definition) is 1. The van der Waals surface area contributed by atoms with Gasteiger partial charge in [-0.15, -0.1) is 0 Å². The Balaban J connectivity index is 2.01. The topological polar surface area (TPSA) is 44.9 Å². The molecule has 0 saturated heterocycles. The van der Waals surface area contributed by atoms with Crippen LogP contribution in [0, 0.1) is 0 Å². The first kappa shape index (κ1) is 8.53. The molecule has 1 fully saturated rings. The van der Waals surface area contributed by atoms with Gasteiger partial charge in [-0.05, 0) is 31.0 Å². The molecule has 3 heteroatoms. The molecule has 1 aliphatic rings. The van der Waals surface area contributed by atoms with E-state index in [1.165, 1.54) is 0 Å². The first-order valence-electron chi connectivity index (χ1n) is 5.21. The number of nitrogens with one attached hydrogen (secondary N) is 2. The molecule has 1 heterocycles. The second-order valence-corrected chi connectivity index (χ2v) is 3.99. The summed E-state index contributed by atoms with van der Waals surface area (Å²) < 4.78 is 0. The van der Waals surface area contributed by atoms with Crippen LogP contribution >= 0.6 is 0 Å². The molecule has 1 aliphatic carbocycles. The SMILES string of the molecule is O=C(NC1CC1)c1cccc2[nH]ccc12.